The highest BCUT2D eigenvalue weighted by Gasteiger charge is 2.18. The molecule has 2 aromatic heterocycles. The first-order valence-electron chi connectivity index (χ1n) is 7.27. The molecule has 0 aliphatic heterocycles. The Morgan fingerprint density at radius 3 is 2.67 bits per heavy atom. The molecule has 114 valence electrons. The Labute approximate surface area is 126 Å². The average Bonchev–Trinajstić information content (AvgIpc) is 2.88. The lowest BCUT2D eigenvalue weighted by Crippen LogP contribution is -2.24. The molecule has 2 heterocycles. The number of hydrogen-bond acceptors (Lipinski definition) is 4. The maximum Gasteiger partial charge on any atom is 0.128 e. The van der Waals surface area contributed by atoms with Crippen molar-refractivity contribution >= 4 is 0 Å². The van der Waals surface area contributed by atoms with Gasteiger partial charge in [-0.3, -0.25) is 4.98 Å². The number of likely N-dealkylation sites (N-methyl/N-ethyl adjacent to an activating group) is 1. The summed E-state index contributed by atoms with van der Waals surface area (Å²) in [6.07, 6.45) is 6.56. The first kappa shape index (κ1) is 15.5. The van der Waals surface area contributed by atoms with Gasteiger partial charge in [0, 0.05) is 42.7 Å². The van der Waals surface area contributed by atoms with Crippen molar-refractivity contribution in [2.45, 2.75) is 33.2 Å². The molecular formula is C16H24N4O. The van der Waals surface area contributed by atoms with E-state index in [0.717, 1.165) is 41.2 Å². The Morgan fingerprint density at radius 2 is 2.10 bits per heavy atom. The van der Waals surface area contributed by atoms with Crippen LogP contribution in [0.2, 0.25) is 0 Å². The van der Waals surface area contributed by atoms with Crippen molar-refractivity contribution in [2.75, 3.05) is 13.7 Å². The van der Waals surface area contributed by atoms with Crippen LogP contribution in [0.1, 0.15) is 35.5 Å². The van der Waals surface area contributed by atoms with Crippen LogP contribution in [0.15, 0.2) is 18.7 Å². The van der Waals surface area contributed by atoms with Gasteiger partial charge in [-0.1, -0.05) is 6.92 Å². The van der Waals surface area contributed by atoms with Gasteiger partial charge >= 0.3 is 0 Å². The third-order valence-electron chi connectivity index (χ3n) is 3.68. The standard InChI is InChI=1S/C16H24N4O/c1-6-17-14(15-9-20(4)10-19-15)7-13-12(3)16(21-5)11(2)8-18-13/h8-10,14,17H,6-7H2,1-5H3. The zero-order valence-electron chi connectivity index (χ0n) is 13.5. The van der Waals surface area contributed by atoms with Crippen molar-refractivity contribution in [3.8, 4) is 5.75 Å². The molecule has 5 nitrogen and oxygen atoms in total. The fourth-order valence-electron chi connectivity index (χ4n) is 2.61. The van der Waals surface area contributed by atoms with E-state index in [4.69, 9.17) is 4.74 Å². The molecular weight excluding hydrogens is 264 g/mol. The van der Waals surface area contributed by atoms with Gasteiger partial charge in [-0.2, -0.15) is 0 Å². The Balaban J connectivity index is 2.29. The second-order valence-electron chi connectivity index (χ2n) is 5.32. The van der Waals surface area contributed by atoms with Gasteiger partial charge in [0.15, 0.2) is 0 Å². The van der Waals surface area contributed by atoms with Gasteiger partial charge < -0.3 is 14.6 Å². The normalized spacial score (nSPS) is 12.4. The number of pyridine rings is 1. The summed E-state index contributed by atoms with van der Waals surface area (Å²) < 4.78 is 7.46. The molecule has 1 atom stereocenters. The first-order chi connectivity index (χ1) is 10.1. The molecule has 0 saturated carbocycles. The molecule has 2 rings (SSSR count). The maximum atomic E-state index is 5.49. The number of hydrogen-bond donors (Lipinski definition) is 1. The van der Waals surface area contributed by atoms with E-state index in [9.17, 15) is 0 Å². The number of aromatic nitrogens is 3. The van der Waals surface area contributed by atoms with E-state index >= 15 is 0 Å². The van der Waals surface area contributed by atoms with Crippen molar-refractivity contribution in [1.29, 1.82) is 0 Å². The number of methoxy groups -OCH3 is 1. The SMILES string of the molecule is CCNC(Cc1ncc(C)c(OC)c1C)c1cn(C)cn1. The zero-order valence-corrected chi connectivity index (χ0v) is 13.5. The van der Waals surface area contributed by atoms with Crippen LogP contribution in [-0.2, 0) is 13.5 Å². The van der Waals surface area contributed by atoms with Crippen molar-refractivity contribution in [2.24, 2.45) is 7.05 Å². The van der Waals surface area contributed by atoms with Crippen LogP contribution in [0.3, 0.4) is 0 Å². The molecule has 1 unspecified atom stereocenters. The highest BCUT2D eigenvalue weighted by molar-refractivity contribution is 5.41. The Kier molecular flexibility index (Phi) is 4.96. The minimum Gasteiger partial charge on any atom is -0.496 e. The van der Waals surface area contributed by atoms with Crippen LogP contribution >= 0.6 is 0 Å². The van der Waals surface area contributed by atoms with Crippen LogP contribution < -0.4 is 10.1 Å². The summed E-state index contributed by atoms with van der Waals surface area (Å²) >= 11 is 0. The summed E-state index contributed by atoms with van der Waals surface area (Å²) in [5.41, 5.74) is 4.27. The van der Waals surface area contributed by atoms with Crippen LogP contribution in [0.5, 0.6) is 5.75 Å². The second kappa shape index (κ2) is 6.72. The average molecular weight is 288 g/mol. The fourth-order valence-corrected chi connectivity index (χ4v) is 2.61. The zero-order chi connectivity index (χ0) is 15.4. The van der Waals surface area contributed by atoms with Gasteiger partial charge in [-0.25, -0.2) is 4.98 Å². The lowest BCUT2D eigenvalue weighted by molar-refractivity contribution is 0.406. The van der Waals surface area contributed by atoms with Gasteiger partial charge in [-0.15, -0.1) is 0 Å². The number of ether oxygens (including phenoxy) is 1. The Hall–Kier alpha value is -1.88. The molecule has 0 amide bonds. The quantitative estimate of drug-likeness (QED) is 0.886. The summed E-state index contributed by atoms with van der Waals surface area (Å²) in [5.74, 6) is 0.927. The molecule has 0 aromatic carbocycles. The number of rotatable bonds is 6. The van der Waals surface area contributed by atoms with E-state index in [1.54, 1.807) is 7.11 Å². The van der Waals surface area contributed by atoms with E-state index in [-0.39, 0.29) is 6.04 Å². The van der Waals surface area contributed by atoms with Gasteiger partial charge in [0.05, 0.1) is 25.2 Å². The van der Waals surface area contributed by atoms with Gasteiger partial charge in [0.2, 0.25) is 0 Å². The van der Waals surface area contributed by atoms with Gasteiger partial charge in [0.1, 0.15) is 5.75 Å². The molecule has 0 aliphatic rings. The van der Waals surface area contributed by atoms with Crippen LogP contribution in [0.4, 0.5) is 0 Å². The number of imidazole rings is 1. The van der Waals surface area contributed by atoms with Crippen molar-refractivity contribution in [1.82, 2.24) is 19.9 Å². The first-order valence-corrected chi connectivity index (χ1v) is 7.27. The van der Waals surface area contributed by atoms with Crippen LogP contribution in [0, 0.1) is 13.8 Å². The van der Waals surface area contributed by atoms with E-state index < -0.39 is 0 Å². The summed E-state index contributed by atoms with van der Waals surface area (Å²) in [6, 6.07) is 0.162. The predicted molar refractivity (Wildman–Crippen MR) is 83.6 cm³/mol. The third kappa shape index (κ3) is 3.42. The maximum absolute atomic E-state index is 5.49. The van der Waals surface area contributed by atoms with E-state index in [0.29, 0.717) is 0 Å². The highest BCUT2D eigenvalue weighted by atomic mass is 16.5. The molecule has 0 radical (unpaired) electrons. The van der Waals surface area contributed by atoms with Crippen molar-refractivity contribution in [3.63, 3.8) is 0 Å². The summed E-state index contributed by atoms with van der Waals surface area (Å²) in [7, 11) is 3.69. The minimum absolute atomic E-state index is 0.162. The summed E-state index contributed by atoms with van der Waals surface area (Å²) in [4.78, 5) is 9.05. The molecule has 0 saturated heterocycles. The molecule has 0 spiro atoms. The topological polar surface area (TPSA) is 52.0 Å². The van der Waals surface area contributed by atoms with E-state index in [2.05, 4.69) is 29.1 Å². The molecule has 21 heavy (non-hydrogen) atoms. The molecule has 1 N–H and O–H groups in total. The second-order valence-corrected chi connectivity index (χ2v) is 5.32. The molecule has 0 bridgehead atoms. The Bertz CT molecular complexity index is 606. The molecule has 5 heteroatoms. The van der Waals surface area contributed by atoms with Crippen LogP contribution in [-0.4, -0.2) is 28.2 Å². The molecule has 0 aliphatic carbocycles. The molecule has 2 aromatic rings. The minimum atomic E-state index is 0.162. The Morgan fingerprint density at radius 1 is 1.33 bits per heavy atom. The predicted octanol–water partition coefficient (Wildman–Crippen LogP) is 2.33. The fraction of sp³-hybridized carbons (Fsp3) is 0.500. The van der Waals surface area contributed by atoms with Crippen molar-refractivity contribution < 1.29 is 4.74 Å². The van der Waals surface area contributed by atoms with Gasteiger partial charge in [-0.05, 0) is 20.4 Å². The smallest absolute Gasteiger partial charge is 0.128 e. The number of nitrogens with one attached hydrogen (secondary N) is 1. The van der Waals surface area contributed by atoms with Crippen molar-refractivity contribution in [3.05, 3.63) is 41.2 Å². The van der Waals surface area contributed by atoms with E-state index in [1.807, 2.05) is 37.3 Å². The van der Waals surface area contributed by atoms with E-state index in [1.165, 1.54) is 0 Å². The lowest BCUT2D eigenvalue weighted by atomic mass is 10.0. The number of aryl methyl sites for hydroxylation is 2. The summed E-state index contributed by atoms with van der Waals surface area (Å²) in [6.45, 7) is 7.08. The van der Waals surface area contributed by atoms with Crippen LogP contribution in [0.25, 0.3) is 0 Å². The summed E-state index contributed by atoms with van der Waals surface area (Å²) in [5, 5.41) is 3.48. The number of nitrogens with zero attached hydrogens (tertiary/aromatic N) is 3. The highest BCUT2D eigenvalue weighted by Crippen LogP contribution is 2.26. The molecule has 0 fully saturated rings. The largest absolute Gasteiger partial charge is 0.496 e. The third-order valence-corrected chi connectivity index (χ3v) is 3.68. The monoisotopic (exact) mass is 288 g/mol. The lowest BCUT2D eigenvalue weighted by Gasteiger charge is -2.18. The van der Waals surface area contributed by atoms with Gasteiger partial charge in [0.25, 0.3) is 0 Å².